The van der Waals surface area contributed by atoms with Gasteiger partial charge >= 0.3 is 0 Å². The van der Waals surface area contributed by atoms with Gasteiger partial charge in [-0.2, -0.15) is 0 Å². The van der Waals surface area contributed by atoms with Crippen LogP contribution in [0, 0.1) is 34.5 Å². The maximum absolute atomic E-state index is 8.92. The molecule has 3 aliphatic rings. The van der Waals surface area contributed by atoms with Crippen molar-refractivity contribution in [2.75, 3.05) is 19.6 Å². The zero-order chi connectivity index (χ0) is 21.7. The Hall–Kier alpha value is -1.38. The summed E-state index contributed by atoms with van der Waals surface area (Å²) in [4.78, 5) is 4.65. The van der Waals surface area contributed by atoms with Crippen molar-refractivity contribution in [3.05, 3.63) is 0 Å². The highest BCUT2D eigenvalue weighted by atomic mass is 15.2. The van der Waals surface area contributed by atoms with Gasteiger partial charge in [-0.1, -0.05) is 0 Å². The molecule has 2 saturated heterocycles. The Morgan fingerprint density at radius 2 is 2.07 bits per heavy atom. The Bertz CT molecular complexity index is 644. The smallest absolute Gasteiger partial charge is 0.105 e. The Morgan fingerprint density at radius 3 is 2.70 bits per heavy atom. The maximum Gasteiger partial charge on any atom is 0.105 e. The second-order valence-electron chi connectivity index (χ2n) is 10.4. The van der Waals surface area contributed by atoms with E-state index >= 15 is 0 Å². The van der Waals surface area contributed by atoms with Gasteiger partial charge in [-0.05, 0) is 97.1 Å². The number of hydrogen-bond donors (Lipinski definition) is 3. The summed E-state index contributed by atoms with van der Waals surface area (Å²) in [5, 5.41) is 20.9. The quantitative estimate of drug-likeness (QED) is 0.238. The van der Waals surface area contributed by atoms with Crippen molar-refractivity contribution in [1.29, 1.82) is 10.8 Å². The minimum Gasteiger partial charge on any atom is -0.316 e. The molecule has 3 N–H and O–H groups in total. The van der Waals surface area contributed by atoms with E-state index < -0.39 is 0 Å². The number of hydrogen-bond acceptors (Lipinski definition) is 4. The Balaban J connectivity index is 1.50. The van der Waals surface area contributed by atoms with E-state index in [-0.39, 0.29) is 6.04 Å². The van der Waals surface area contributed by atoms with Crippen LogP contribution >= 0.6 is 0 Å². The van der Waals surface area contributed by atoms with Gasteiger partial charge < -0.3 is 15.1 Å². The molecule has 0 radical (unpaired) electrons. The predicted molar refractivity (Wildman–Crippen MR) is 126 cm³/mol. The van der Waals surface area contributed by atoms with Crippen LogP contribution in [0.3, 0.4) is 0 Å². The normalized spacial score (nSPS) is 32.4. The topological polar surface area (TPSA) is 66.2 Å². The predicted octanol–water partition coefficient (Wildman–Crippen LogP) is 4.48. The lowest BCUT2D eigenvalue weighted by Gasteiger charge is -2.54. The van der Waals surface area contributed by atoms with Crippen LogP contribution in [0.25, 0.3) is 0 Å². The molecule has 3 fully saturated rings. The minimum atomic E-state index is 0.216. The number of nitrogens with zero attached hydrogens (tertiary/aromatic N) is 2. The molecule has 1 aliphatic carbocycles. The molecule has 0 aromatic rings. The van der Waals surface area contributed by atoms with Gasteiger partial charge in [0.25, 0.3) is 0 Å². The van der Waals surface area contributed by atoms with E-state index in [1.165, 1.54) is 51.7 Å². The first-order valence-corrected chi connectivity index (χ1v) is 12.2. The fraction of sp³-hybridized carbons (Fsp3) is 0.840. The number of likely N-dealkylation sites (tertiary alicyclic amines) is 1. The molecule has 168 valence electrons. The summed E-state index contributed by atoms with van der Waals surface area (Å²) >= 11 is 0. The molecule has 3 atom stereocenters. The van der Waals surface area contributed by atoms with E-state index in [9.17, 15) is 0 Å². The van der Waals surface area contributed by atoms with E-state index in [0.717, 1.165) is 32.1 Å². The van der Waals surface area contributed by atoms with Crippen LogP contribution in [0.2, 0.25) is 0 Å². The largest absolute Gasteiger partial charge is 0.316 e. The van der Waals surface area contributed by atoms with Crippen molar-refractivity contribution in [3.8, 4) is 12.3 Å². The summed E-state index contributed by atoms with van der Waals surface area (Å²) in [6, 6.07) is 1.34. The summed E-state index contributed by atoms with van der Waals surface area (Å²) in [6.45, 7) is 9.88. The molecule has 1 spiro atoms. The van der Waals surface area contributed by atoms with Gasteiger partial charge in [0.2, 0.25) is 0 Å². The molecule has 5 nitrogen and oxygen atoms in total. The third-order valence-electron chi connectivity index (χ3n) is 7.69. The van der Waals surface area contributed by atoms with Crippen molar-refractivity contribution in [1.82, 2.24) is 15.1 Å². The van der Waals surface area contributed by atoms with Gasteiger partial charge in [0.15, 0.2) is 0 Å². The highest BCUT2D eigenvalue weighted by Gasteiger charge is 2.49. The van der Waals surface area contributed by atoms with E-state index in [1.807, 2.05) is 11.8 Å². The van der Waals surface area contributed by atoms with Gasteiger partial charge in [-0.3, -0.25) is 10.8 Å². The highest BCUT2D eigenvalue weighted by molar-refractivity contribution is 5.98. The van der Waals surface area contributed by atoms with Crippen LogP contribution in [0.5, 0.6) is 0 Å². The molecular formula is C25H43N5. The zero-order valence-corrected chi connectivity index (χ0v) is 19.5. The monoisotopic (exact) mass is 413 g/mol. The molecule has 1 saturated carbocycles. The number of rotatable bonds is 8. The maximum atomic E-state index is 8.92. The van der Waals surface area contributed by atoms with Crippen LogP contribution in [-0.2, 0) is 0 Å². The molecule has 30 heavy (non-hydrogen) atoms. The Labute approximate surface area is 184 Å². The molecular weight excluding hydrogens is 370 g/mol. The standard InChI is InChI=1S/C25H43N5/c1-5-6-7-8-13-29-14-9-12-25(18-29)16-22(17-25)24(27)30(21(4)26)20(3)15-23-11-10-19(2)28-23/h1,19-20,22-23,26-28H,6-18H2,2-4H3. The SMILES string of the molecule is C#CCCCCN1CCCC2(CC(C(=N)N(C(C)=N)C(C)CC3CCC(C)N3)C2)C1. The second kappa shape index (κ2) is 10.3. The summed E-state index contributed by atoms with van der Waals surface area (Å²) < 4.78 is 0. The van der Waals surface area contributed by atoms with Crippen LogP contribution in [0.4, 0.5) is 0 Å². The van der Waals surface area contributed by atoms with Crippen molar-refractivity contribution in [3.63, 3.8) is 0 Å². The molecule has 0 bridgehead atoms. The third kappa shape index (κ3) is 5.65. The lowest BCUT2D eigenvalue weighted by atomic mass is 9.58. The van der Waals surface area contributed by atoms with E-state index in [1.54, 1.807) is 0 Å². The van der Waals surface area contributed by atoms with E-state index in [0.29, 0.717) is 35.1 Å². The van der Waals surface area contributed by atoms with Crippen molar-refractivity contribution >= 4 is 11.7 Å². The van der Waals surface area contributed by atoms with Gasteiger partial charge in [-0.25, -0.2) is 0 Å². The number of nitrogens with one attached hydrogen (secondary N) is 3. The lowest BCUT2D eigenvalue weighted by Crippen LogP contribution is -2.56. The number of piperidine rings is 1. The first-order chi connectivity index (χ1) is 14.3. The summed E-state index contributed by atoms with van der Waals surface area (Å²) in [5.41, 5.74) is 0.411. The summed E-state index contributed by atoms with van der Waals surface area (Å²) in [6.07, 6.45) is 16.9. The van der Waals surface area contributed by atoms with Crippen LogP contribution in [0.1, 0.15) is 85.0 Å². The average Bonchev–Trinajstić information content (AvgIpc) is 3.07. The fourth-order valence-electron chi connectivity index (χ4n) is 6.24. The molecule has 5 heteroatoms. The Kier molecular flexibility index (Phi) is 7.98. The summed E-state index contributed by atoms with van der Waals surface area (Å²) in [5.74, 6) is 4.29. The van der Waals surface area contributed by atoms with Crippen molar-refractivity contribution < 1.29 is 0 Å². The zero-order valence-electron chi connectivity index (χ0n) is 19.5. The molecule has 3 rings (SSSR count). The highest BCUT2D eigenvalue weighted by Crippen LogP contribution is 2.52. The third-order valence-corrected chi connectivity index (χ3v) is 7.69. The average molecular weight is 414 g/mol. The van der Waals surface area contributed by atoms with Crippen LogP contribution < -0.4 is 5.32 Å². The van der Waals surface area contributed by atoms with E-state index in [4.69, 9.17) is 17.2 Å². The van der Waals surface area contributed by atoms with Crippen LogP contribution in [-0.4, -0.2) is 59.2 Å². The van der Waals surface area contributed by atoms with Gasteiger partial charge in [-0.15, -0.1) is 12.3 Å². The Morgan fingerprint density at radius 1 is 1.30 bits per heavy atom. The fourth-order valence-corrected chi connectivity index (χ4v) is 6.24. The number of terminal acetylenes is 1. The minimum absolute atomic E-state index is 0.216. The lowest BCUT2D eigenvalue weighted by molar-refractivity contribution is -0.00437. The summed E-state index contributed by atoms with van der Waals surface area (Å²) in [7, 11) is 0. The van der Waals surface area contributed by atoms with Gasteiger partial charge in [0.05, 0.1) is 5.84 Å². The molecule has 0 aromatic heterocycles. The molecule has 2 aliphatic heterocycles. The first kappa shape index (κ1) is 23.3. The van der Waals surface area contributed by atoms with E-state index in [2.05, 4.69) is 30.0 Å². The van der Waals surface area contributed by atoms with Gasteiger partial charge in [0, 0.05) is 37.0 Å². The van der Waals surface area contributed by atoms with Crippen molar-refractivity contribution in [2.24, 2.45) is 11.3 Å². The molecule has 0 amide bonds. The number of unbranched alkanes of at least 4 members (excludes halogenated alkanes) is 2. The van der Waals surface area contributed by atoms with Gasteiger partial charge in [0.1, 0.15) is 5.84 Å². The first-order valence-electron chi connectivity index (χ1n) is 12.2. The van der Waals surface area contributed by atoms with Crippen molar-refractivity contribution in [2.45, 2.75) is 103 Å². The van der Waals surface area contributed by atoms with Crippen LogP contribution in [0.15, 0.2) is 0 Å². The molecule has 0 aromatic carbocycles. The number of amidine groups is 2. The molecule has 3 unspecified atom stereocenters. The second-order valence-corrected chi connectivity index (χ2v) is 10.4. The molecule has 2 heterocycles.